The van der Waals surface area contributed by atoms with E-state index in [4.69, 9.17) is 4.74 Å². The highest BCUT2D eigenvalue weighted by molar-refractivity contribution is 5.50. The summed E-state index contributed by atoms with van der Waals surface area (Å²) < 4.78 is 5.83. The minimum Gasteiger partial charge on any atom is -0.457 e. The zero-order valence-electron chi connectivity index (χ0n) is 12.7. The summed E-state index contributed by atoms with van der Waals surface area (Å²) in [5, 5.41) is 3.54. The van der Waals surface area contributed by atoms with Gasteiger partial charge in [-0.2, -0.15) is 0 Å². The number of piperazine rings is 1. The zero-order valence-corrected chi connectivity index (χ0v) is 12.7. The predicted molar refractivity (Wildman–Crippen MR) is 87.3 cm³/mol. The van der Waals surface area contributed by atoms with Crippen LogP contribution in [-0.2, 0) is 0 Å². The van der Waals surface area contributed by atoms with Gasteiger partial charge in [0.1, 0.15) is 11.5 Å². The Morgan fingerprint density at radius 2 is 1.62 bits per heavy atom. The third kappa shape index (κ3) is 3.56. The Hall–Kier alpha value is -2.00. The third-order valence-electron chi connectivity index (χ3n) is 3.75. The molecule has 0 aromatic heterocycles. The molecule has 0 radical (unpaired) electrons. The molecule has 0 spiro atoms. The third-order valence-corrected chi connectivity index (χ3v) is 3.75. The molecule has 0 atom stereocenters. The summed E-state index contributed by atoms with van der Waals surface area (Å²) in [5.41, 5.74) is 1.42. The molecule has 0 amide bonds. The molecule has 1 aliphatic heterocycles. The molecule has 2 aromatic rings. The van der Waals surface area contributed by atoms with Gasteiger partial charge in [-0.25, -0.2) is 0 Å². The van der Waals surface area contributed by atoms with Crippen molar-refractivity contribution in [1.29, 1.82) is 0 Å². The van der Waals surface area contributed by atoms with Gasteiger partial charge in [-0.1, -0.05) is 18.2 Å². The highest BCUT2D eigenvalue weighted by atomic mass is 16.5. The molecule has 3 rings (SSSR count). The largest absolute Gasteiger partial charge is 0.457 e. The second-order valence-corrected chi connectivity index (χ2v) is 6.14. The first-order valence-electron chi connectivity index (χ1n) is 7.45. The Morgan fingerprint density at radius 3 is 2.29 bits per heavy atom. The van der Waals surface area contributed by atoms with E-state index >= 15 is 0 Å². The van der Waals surface area contributed by atoms with Crippen molar-refractivity contribution in [2.75, 3.05) is 24.5 Å². The van der Waals surface area contributed by atoms with Crippen molar-refractivity contribution >= 4 is 5.69 Å². The van der Waals surface area contributed by atoms with E-state index < -0.39 is 0 Å². The van der Waals surface area contributed by atoms with Gasteiger partial charge in [0.25, 0.3) is 0 Å². The van der Waals surface area contributed by atoms with Crippen LogP contribution in [0, 0.1) is 0 Å². The first kappa shape index (κ1) is 14.0. The Morgan fingerprint density at radius 1 is 0.952 bits per heavy atom. The number of rotatable bonds is 3. The van der Waals surface area contributed by atoms with Crippen LogP contribution in [0.2, 0.25) is 0 Å². The van der Waals surface area contributed by atoms with E-state index in [2.05, 4.69) is 36.2 Å². The average molecular weight is 282 g/mol. The van der Waals surface area contributed by atoms with Crippen LogP contribution in [0.15, 0.2) is 54.6 Å². The van der Waals surface area contributed by atoms with Crippen molar-refractivity contribution in [3.63, 3.8) is 0 Å². The molecule has 21 heavy (non-hydrogen) atoms. The van der Waals surface area contributed by atoms with Gasteiger partial charge >= 0.3 is 0 Å². The zero-order chi connectivity index (χ0) is 14.7. The Labute approximate surface area is 126 Å². The van der Waals surface area contributed by atoms with E-state index in [1.54, 1.807) is 0 Å². The van der Waals surface area contributed by atoms with E-state index in [0.29, 0.717) is 0 Å². The summed E-state index contributed by atoms with van der Waals surface area (Å²) in [6.45, 7) is 7.57. The van der Waals surface area contributed by atoms with Gasteiger partial charge in [0.2, 0.25) is 0 Å². The maximum Gasteiger partial charge on any atom is 0.127 e. The van der Waals surface area contributed by atoms with Gasteiger partial charge in [0, 0.05) is 30.9 Å². The molecule has 3 heteroatoms. The molecule has 0 aliphatic carbocycles. The molecule has 3 nitrogen and oxygen atoms in total. The lowest BCUT2D eigenvalue weighted by Gasteiger charge is -2.40. The van der Waals surface area contributed by atoms with E-state index in [9.17, 15) is 0 Å². The molecular weight excluding hydrogens is 260 g/mol. The molecule has 0 saturated carbocycles. The lowest BCUT2D eigenvalue weighted by Crippen LogP contribution is -2.57. The fraction of sp³-hybridized carbons (Fsp3) is 0.333. The molecular formula is C18H22N2O. The average Bonchev–Trinajstić information content (AvgIpc) is 2.48. The summed E-state index contributed by atoms with van der Waals surface area (Å²) in [7, 11) is 0. The van der Waals surface area contributed by atoms with Crippen molar-refractivity contribution < 1.29 is 4.74 Å². The number of ether oxygens (including phenoxy) is 1. The normalized spacial score (nSPS) is 17.5. The molecule has 0 bridgehead atoms. The van der Waals surface area contributed by atoms with Crippen LogP contribution in [0.1, 0.15) is 13.8 Å². The van der Waals surface area contributed by atoms with Crippen LogP contribution in [-0.4, -0.2) is 25.2 Å². The maximum absolute atomic E-state index is 5.83. The van der Waals surface area contributed by atoms with Gasteiger partial charge in [-0.15, -0.1) is 0 Å². The lowest BCUT2D eigenvalue weighted by molar-refractivity contribution is 0.353. The Bertz CT molecular complexity index is 578. The summed E-state index contributed by atoms with van der Waals surface area (Å²) in [4.78, 5) is 2.42. The van der Waals surface area contributed by atoms with Gasteiger partial charge < -0.3 is 15.0 Å². The number of nitrogens with zero attached hydrogens (tertiary/aromatic N) is 1. The van der Waals surface area contributed by atoms with Crippen molar-refractivity contribution in [3.8, 4) is 11.5 Å². The Balaban J connectivity index is 1.69. The van der Waals surface area contributed by atoms with Crippen LogP contribution in [0.5, 0.6) is 11.5 Å². The molecule has 1 heterocycles. The smallest absolute Gasteiger partial charge is 0.127 e. The van der Waals surface area contributed by atoms with Crippen molar-refractivity contribution in [2.45, 2.75) is 19.4 Å². The van der Waals surface area contributed by atoms with Crippen LogP contribution < -0.4 is 15.0 Å². The van der Waals surface area contributed by atoms with Gasteiger partial charge in [0.05, 0.1) is 0 Å². The molecule has 1 N–H and O–H groups in total. The first-order chi connectivity index (χ1) is 10.1. The van der Waals surface area contributed by atoms with Crippen LogP contribution in [0.25, 0.3) is 0 Å². The first-order valence-corrected chi connectivity index (χ1v) is 7.45. The van der Waals surface area contributed by atoms with Gasteiger partial charge in [0.15, 0.2) is 0 Å². The minimum atomic E-state index is 0.164. The van der Waals surface area contributed by atoms with E-state index in [1.807, 2.05) is 42.5 Å². The van der Waals surface area contributed by atoms with E-state index in [-0.39, 0.29) is 5.54 Å². The number of benzene rings is 2. The molecule has 1 saturated heterocycles. The monoisotopic (exact) mass is 282 g/mol. The highest BCUT2D eigenvalue weighted by Gasteiger charge is 2.25. The van der Waals surface area contributed by atoms with Gasteiger partial charge in [-0.05, 0) is 50.2 Å². The fourth-order valence-electron chi connectivity index (χ4n) is 2.71. The molecule has 2 aromatic carbocycles. The SMILES string of the molecule is CC1(C)CN(c2ccc(Oc3ccccc3)cc2)CCN1. The van der Waals surface area contributed by atoms with E-state index in [1.165, 1.54) is 5.69 Å². The molecule has 1 fully saturated rings. The number of hydrogen-bond acceptors (Lipinski definition) is 3. The van der Waals surface area contributed by atoms with Gasteiger partial charge in [-0.3, -0.25) is 0 Å². The van der Waals surface area contributed by atoms with Crippen molar-refractivity contribution in [1.82, 2.24) is 5.32 Å². The summed E-state index contributed by atoms with van der Waals surface area (Å²) >= 11 is 0. The molecule has 110 valence electrons. The second kappa shape index (κ2) is 5.78. The second-order valence-electron chi connectivity index (χ2n) is 6.14. The number of nitrogens with one attached hydrogen (secondary N) is 1. The number of hydrogen-bond donors (Lipinski definition) is 1. The maximum atomic E-state index is 5.83. The standard InChI is InChI=1S/C18H22N2O/c1-18(2)14-20(13-12-19-18)15-8-10-17(11-9-15)21-16-6-4-3-5-7-16/h3-11,19H,12-14H2,1-2H3. The summed E-state index contributed by atoms with van der Waals surface area (Å²) in [6, 6.07) is 18.2. The summed E-state index contributed by atoms with van der Waals surface area (Å²) in [6.07, 6.45) is 0. The fourth-order valence-corrected chi connectivity index (χ4v) is 2.71. The predicted octanol–water partition coefficient (Wildman–Crippen LogP) is 3.67. The summed E-state index contributed by atoms with van der Waals surface area (Å²) in [5.74, 6) is 1.74. The molecule has 1 aliphatic rings. The topological polar surface area (TPSA) is 24.5 Å². The van der Waals surface area contributed by atoms with Crippen LogP contribution in [0.3, 0.4) is 0 Å². The quantitative estimate of drug-likeness (QED) is 0.929. The number of anilines is 1. The van der Waals surface area contributed by atoms with E-state index in [0.717, 1.165) is 31.1 Å². The highest BCUT2D eigenvalue weighted by Crippen LogP contribution is 2.25. The van der Waals surface area contributed by atoms with Crippen LogP contribution in [0.4, 0.5) is 5.69 Å². The Kier molecular flexibility index (Phi) is 3.84. The lowest BCUT2D eigenvalue weighted by atomic mass is 10.0. The minimum absolute atomic E-state index is 0.164. The molecule has 0 unspecified atom stereocenters. The van der Waals surface area contributed by atoms with Crippen LogP contribution >= 0.6 is 0 Å². The van der Waals surface area contributed by atoms with Crippen molar-refractivity contribution in [3.05, 3.63) is 54.6 Å². The van der Waals surface area contributed by atoms with Crippen molar-refractivity contribution in [2.24, 2.45) is 0 Å². The number of para-hydroxylation sites is 1.